The van der Waals surface area contributed by atoms with E-state index in [9.17, 15) is 13.6 Å². The van der Waals surface area contributed by atoms with Crippen molar-refractivity contribution in [2.24, 2.45) is 0 Å². The number of esters is 1. The SMILES string of the molecule is O=C(CCc1cc(F)ccc1F)OCC1CCCCO1. The maximum Gasteiger partial charge on any atom is 0.306 e. The largest absolute Gasteiger partial charge is 0.463 e. The van der Waals surface area contributed by atoms with Crippen LogP contribution in [0.15, 0.2) is 18.2 Å². The van der Waals surface area contributed by atoms with E-state index in [0.717, 1.165) is 37.5 Å². The van der Waals surface area contributed by atoms with Crippen LogP contribution in [0.4, 0.5) is 8.78 Å². The van der Waals surface area contributed by atoms with Gasteiger partial charge >= 0.3 is 5.97 Å². The number of rotatable bonds is 5. The standard InChI is InChI=1S/C15H18F2O3/c16-12-5-6-14(17)11(9-12)4-7-15(18)20-10-13-3-1-2-8-19-13/h5-6,9,13H,1-4,7-8,10H2. The van der Waals surface area contributed by atoms with E-state index >= 15 is 0 Å². The Labute approximate surface area is 116 Å². The minimum absolute atomic E-state index is 0.0291. The maximum absolute atomic E-state index is 13.4. The first-order valence-corrected chi connectivity index (χ1v) is 6.86. The molecule has 0 aromatic heterocycles. The molecular formula is C15H18F2O3. The van der Waals surface area contributed by atoms with Crippen LogP contribution < -0.4 is 0 Å². The molecule has 0 saturated carbocycles. The summed E-state index contributed by atoms with van der Waals surface area (Å²) < 4.78 is 36.9. The van der Waals surface area contributed by atoms with E-state index in [1.54, 1.807) is 0 Å². The molecule has 0 amide bonds. The number of carbonyl (C=O) groups is 1. The summed E-state index contributed by atoms with van der Waals surface area (Å²) in [5.74, 6) is -1.43. The highest BCUT2D eigenvalue weighted by atomic mass is 19.1. The van der Waals surface area contributed by atoms with Crippen LogP contribution in [0, 0.1) is 11.6 Å². The van der Waals surface area contributed by atoms with Gasteiger partial charge in [-0.25, -0.2) is 8.78 Å². The van der Waals surface area contributed by atoms with E-state index in [4.69, 9.17) is 9.47 Å². The molecule has 1 aliphatic heterocycles. The van der Waals surface area contributed by atoms with E-state index in [0.29, 0.717) is 6.61 Å². The van der Waals surface area contributed by atoms with Crippen LogP contribution in [0.25, 0.3) is 0 Å². The highest BCUT2D eigenvalue weighted by Crippen LogP contribution is 2.14. The lowest BCUT2D eigenvalue weighted by atomic mass is 10.1. The van der Waals surface area contributed by atoms with Gasteiger partial charge in [-0.05, 0) is 49.4 Å². The second-order valence-corrected chi connectivity index (χ2v) is 4.91. The molecule has 1 aromatic rings. The molecule has 3 nitrogen and oxygen atoms in total. The van der Waals surface area contributed by atoms with E-state index in [-0.39, 0.29) is 31.1 Å². The smallest absolute Gasteiger partial charge is 0.306 e. The normalized spacial score (nSPS) is 18.8. The summed E-state index contributed by atoms with van der Waals surface area (Å²) in [5, 5.41) is 0. The van der Waals surface area contributed by atoms with Gasteiger partial charge in [-0.2, -0.15) is 0 Å². The number of carbonyl (C=O) groups excluding carboxylic acids is 1. The van der Waals surface area contributed by atoms with Crippen molar-refractivity contribution in [3.05, 3.63) is 35.4 Å². The van der Waals surface area contributed by atoms with Gasteiger partial charge in [0.2, 0.25) is 0 Å². The maximum atomic E-state index is 13.4. The zero-order valence-electron chi connectivity index (χ0n) is 11.2. The second kappa shape index (κ2) is 7.33. The third kappa shape index (κ3) is 4.56. The summed E-state index contributed by atoms with van der Waals surface area (Å²) in [6.07, 6.45) is 3.16. The zero-order chi connectivity index (χ0) is 14.4. The lowest BCUT2D eigenvalue weighted by Gasteiger charge is -2.22. The van der Waals surface area contributed by atoms with Gasteiger partial charge in [0.1, 0.15) is 18.2 Å². The van der Waals surface area contributed by atoms with Gasteiger partial charge in [-0.3, -0.25) is 4.79 Å². The minimum Gasteiger partial charge on any atom is -0.463 e. The second-order valence-electron chi connectivity index (χ2n) is 4.91. The fraction of sp³-hybridized carbons (Fsp3) is 0.533. The molecule has 0 radical (unpaired) electrons. The van der Waals surface area contributed by atoms with Crippen molar-refractivity contribution in [3.63, 3.8) is 0 Å². The Bertz CT molecular complexity index is 456. The number of ether oxygens (including phenoxy) is 2. The van der Waals surface area contributed by atoms with Gasteiger partial charge in [0.15, 0.2) is 0 Å². The summed E-state index contributed by atoms with van der Waals surface area (Å²) in [5.41, 5.74) is 0.191. The fourth-order valence-corrected chi connectivity index (χ4v) is 2.17. The summed E-state index contributed by atoms with van der Waals surface area (Å²) in [7, 11) is 0. The number of halogens is 2. The number of aryl methyl sites for hydroxylation is 1. The lowest BCUT2D eigenvalue weighted by Crippen LogP contribution is -2.26. The van der Waals surface area contributed by atoms with E-state index < -0.39 is 17.6 Å². The summed E-state index contributed by atoms with van der Waals surface area (Å²) in [4.78, 5) is 11.6. The number of hydrogen-bond acceptors (Lipinski definition) is 3. The Kier molecular flexibility index (Phi) is 5.47. The van der Waals surface area contributed by atoms with Gasteiger partial charge in [0, 0.05) is 13.0 Å². The molecule has 1 aliphatic rings. The Morgan fingerprint density at radius 1 is 1.35 bits per heavy atom. The Balaban J connectivity index is 1.73. The van der Waals surface area contributed by atoms with E-state index in [2.05, 4.69) is 0 Å². The quantitative estimate of drug-likeness (QED) is 0.780. The van der Waals surface area contributed by atoms with Crippen molar-refractivity contribution < 1.29 is 23.0 Å². The Morgan fingerprint density at radius 2 is 2.20 bits per heavy atom. The summed E-state index contributed by atoms with van der Waals surface area (Å²) in [6, 6.07) is 3.22. The zero-order valence-corrected chi connectivity index (χ0v) is 11.2. The lowest BCUT2D eigenvalue weighted by molar-refractivity contribution is -0.149. The van der Waals surface area contributed by atoms with E-state index in [1.807, 2.05) is 0 Å². The molecule has 110 valence electrons. The molecule has 0 N–H and O–H groups in total. The molecule has 1 heterocycles. The van der Waals surface area contributed by atoms with Crippen molar-refractivity contribution in [1.82, 2.24) is 0 Å². The van der Waals surface area contributed by atoms with Crippen LogP contribution in [0.2, 0.25) is 0 Å². The molecule has 1 fully saturated rings. The first kappa shape index (κ1) is 14.9. The Morgan fingerprint density at radius 3 is 2.95 bits per heavy atom. The summed E-state index contributed by atoms with van der Waals surface area (Å²) >= 11 is 0. The van der Waals surface area contributed by atoms with Crippen LogP contribution in [0.1, 0.15) is 31.2 Å². The van der Waals surface area contributed by atoms with Crippen LogP contribution >= 0.6 is 0 Å². The number of hydrogen-bond donors (Lipinski definition) is 0. The van der Waals surface area contributed by atoms with Gasteiger partial charge in [0.25, 0.3) is 0 Å². The molecule has 1 aromatic carbocycles. The van der Waals surface area contributed by atoms with Crippen molar-refractivity contribution in [2.75, 3.05) is 13.2 Å². The van der Waals surface area contributed by atoms with Gasteiger partial charge in [-0.1, -0.05) is 0 Å². The summed E-state index contributed by atoms with van der Waals surface area (Å²) in [6.45, 7) is 0.946. The average Bonchev–Trinajstić information content (AvgIpc) is 2.47. The third-order valence-electron chi connectivity index (χ3n) is 3.31. The predicted octanol–water partition coefficient (Wildman–Crippen LogP) is 3.01. The highest BCUT2D eigenvalue weighted by Gasteiger charge is 2.16. The van der Waals surface area contributed by atoms with Crippen molar-refractivity contribution in [1.29, 1.82) is 0 Å². The molecule has 0 bridgehead atoms. The average molecular weight is 284 g/mol. The Hall–Kier alpha value is -1.49. The van der Waals surface area contributed by atoms with Gasteiger partial charge in [0.05, 0.1) is 6.10 Å². The first-order chi connectivity index (χ1) is 9.65. The van der Waals surface area contributed by atoms with Gasteiger partial charge < -0.3 is 9.47 Å². The molecule has 1 saturated heterocycles. The molecule has 1 atom stereocenters. The fourth-order valence-electron chi connectivity index (χ4n) is 2.17. The van der Waals surface area contributed by atoms with Crippen LogP contribution in [-0.2, 0) is 20.7 Å². The van der Waals surface area contributed by atoms with Crippen LogP contribution in [0.5, 0.6) is 0 Å². The molecular weight excluding hydrogens is 266 g/mol. The van der Waals surface area contributed by atoms with Crippen molar-refractivity contribution in [2.45, 2.75) is 38.2 Å². The molecule has 20 heavy (non-hydrogen) atoms. The molecule has 1 unspecified atom stereocenters. The third-order valence-corrected chi connectivity index (χ3v) is 3.31. The van der Waals surface area contributed by atoms with Crippen molar-refractivity contribution in [3.8, 4) is 0 Å². The molecule has 0 spiro atoms. The topological polar surface area (TPSA) is 35.5 Å². The first-order valence-electron chi connectivity index (χ1n) is 6.86. The van der Waals surface area contributed by atoms with Crippen molar-refractivity contribution >= 4 is 5.97 Å². The molecule has 2 rings (SSSR count). The highest BCUT2D eigenvalue weighted by molar-refractivity contribution is 5.69. The van der Waals surface area contributed by atoms with Gasteiger partial charge in [-0.15, -0.1) is 0 Å². The monoisotopic (exact) mass is 284 g/mol. The molecule has 5 heteroatoms. The number of benzene rings is 1. The predicted molar refractivity (Wildman–Crippen MR) is 69.2 cm³/mol. The molecule has 0 aliphatic carbocycles. The van der Waals surface area contributed by atoms with Crippen LogP contribution in [0.3, 0.4) is 0 Å². The van der Waals surface area contributed by atoms with Crippen LogP contribution in [-0.4, -0.2) is 25.3 Å². The minimum atomic E-state index is -0.509. The van der Waals surface area contributed by atoms with E-state index in [1.165, 1.54) is 0 Å².